The molecule has 2 nitrogen and oxygen atoms in total. The van der Waals surface area contributed by atoms with E-state index in [1.807, 2.05) is 26.0 Å². The Morgan fingerprint density at radius 3 is 2.64 bits per heavy atom. The van der Waals surface area contributed by atoms with Gasteiger partial charge in [-0.1, -0.05) is 32.1 Å². The fourth-order valence-corrected chi connectivity index (χ4v) is 1.55. The van der Waals surface area contributed by atoms with Crippen LogP contribution in [0.4, 0.5) is 0 Å². The van der Waals surface area contributed by atoms with Crippen LogP contribution in [-0.4, -0.2) is 8.76 Å². The van der Waals surface area contributed by atoms with Gasteiger partial charge in [-0.25, -0.2) is 4.21 Å². The van der Waals surface area contributed by atoms with Crippen LogP contribution in [0, 0.1) is 0 Å². The Balaban J connectivity index is 3.18. The summed E-state index contributed by atoms with van der Waals surface area (Å²) in [5, 5.41) is 0. The van der Waals surface area contributed by atoms with Crippen molar-refractivity contribution in [1.82, 2.24) is 0 Å². The number of hydrogen-bond donors (Lipinski definition) is 1. The fourth-order valence-electron chi connectivity index (χ4n) is 1.12. The summed E-state index contributed by atoms with van der Waals surface area (Å²) in [6.07, 6.45) is 1.83. The van der Waals surface area contributed by atoms with Gasteiger partial charge in [0.1, 0.15) is 0 Å². The molecule has 1 rings (SSSR count). The van der Waals surface area contributed by atoms with E-state index < -0.39 is 11.1 Å². The van der Waals surface area contributed by atoms with Gasteiger partial charge in [-0.05, 0) is 17.7 Å². The average Bonchev–Trinajstić information content (AvgIpc) is 2.18. The van der Waals surface area contributed by atoms with Crippen LogP contribution in [-0.2, 0) is 16.5 Å². The molecule has 1 N–H and O–H groups in total. The topological polar surface area (TPSA) is 37.3 Å². The lowest BCUT2D eigenvalue weighted by molar-refractivity contribution is 0.563. The normalized spacial score (nSPS) is 13.6. The van der Waals surface area contributed by atoms with Crippen molar-refractivity contribution in [3.63, 3.8) is 0 Å². The van der Waals surface area contributed by atoms with Gasteiger partial charge in [-0.15, -0.1) is 6.58 Å². The highest BCUT2D eigenvalue weighted by Gasteiger charge is 2.16. The SMILES string of the molecule is C=CC(C)(C)c1cccc(S(=O)O)c1. The standard InChI is InChI=1S/C11H14O2S/c1-4-11(2,3)9-6-5-7-10(8-9)14(12)13/h4-8H,1H2,2-3H3,(H,12,13). The molecule has 3 heteroatoms. The Kier molecular flexibility index (Phi) is 3.24. The van der Waals surface area contributed by atoms with Crippen LogP contribution >= 0.6 is 0 Å². The molecular weight excluding hydrogens is 196 g/mol. The van der Waals surface area contributed by atoms with E-state index >= 15 is 0 Å². The van der Waals surface area contributed by atoms with Gasteiger partial charge in [0.25, 0.3) is 0 Å². The minimum Gasteiger partial charge on any atom is -0.302 e. The van der Waals surface area contributed by atoms with Crippen molar-refractivity contribution in [3.8, 4) is 0 Å². The zero-order valence-electron chi connectivity index (χ0n) is 8.36. The predicted molar refractivity (Wildman–Crippen MR) is 58.7 cm³/mol. The van der Waals surface area contributed by atoms with Gasteiger partial charge in [0.2, 0.25) is 0 Å². The Labute approximate surface area is 86.9 Å². The van der Waals surface area contributed by atoms with Crippen molar-refractivity contribution in [2.45, 2.75) is 24.2 Å². The molecule has 0 aromatic heterocycles. The molecule has 0 amide bonds. The van der Waals surface area contributed by atoms with E-state index in [0.29, 0.717) is 4.90 Å². The van der Waals surface area contributed by atoms with E-state index in [2.05, 4.69) is 6.58 Å². The van der Waals surface area contributed by atoms with Crippen LogP contribution in [0.15, 0.2) is 41.8 Å². The first-order valence-corrected chi connectivity index (χ1v) is 5.43. The monoisotopic (exact) mass is 210 g/mol. The minimum atomic E-state index is -1.91. The fraction of sp³-hybridized carbons (Fsp3) is 0.273. The van der Waals surface area contributed by atoms with Crippen LogP contribution in [0.1, 0.15) is 19.4 Å². The third-order valence-corrected chi connectivity index (χ3v) is 2.95. The van der Waals surface area contributed by atoms with Crippen LogP contribution in [0.3, 0.4) is 0 Å². The highest BCUT2D eigenvalue weighted by atomic mass is 32.2. The summed E-state index contributed by atoms with van der Waals surface area (Å²) in [7, 11) is 0. The van der Waals surface area contributed by atoms with Gasteiger partial charge in [-0.3, -0.25) is 0 Å². The molecule has 1 atom stereocenters. The van der Waals surface area contributed by atoms with Crippen LogP contribution in [0.25, 0.3) is 0 Å². The largest absolute Gasteiger partial charge is 0.302 e. The smallest absolute Gasteiger partial charge is 0.186 e. The lowest BCUT2D eigenvalue weighted by Gasteiger charge is -2.20. The average molecular weight is 210 g/mol. The summed E-state index contributed by atoms with van der Waals surface area (Å²) >= 11 is -1.91. The number of benzene rings is 1. The molecule has 1 aromatic rings. The third kappa shape index (κ3) is 2.30. The second-order valence-electron chi connectivity index (χ2n) is 3.70. The van der Waals surface area contributed by atoms with E-state index in [9.17, 15) is 4.21 Å². The molecular formula is C11H14O2S. The molecule has 14 heavy (non-hydrogen) atoms. The number of allylic oxidation sites excluding steroid dienone is 1. The molecule has 0 aliphatic heterocycles. The lowest BCUT2D eigenvalue weighted by atomic mass is 9.85. The van der Waals surface area contributed by atoms with Crippen molar-refractivity contribution < 1.29 is 8.76 Å². The summed E-state index contributed by atoms with van der Waals surface area (Å²) in [6, 6.07) is 7.08. The summed E-state index contributed by atoms with van der Waals surface area (Å²) in [5.74, 6) is 0. The first kappa shape index (κ1) is 11.1. The summed E-state index contributed by atoms with van der Waals surface area (Å²) in [6.45, 7) is 7.77. The van der Waals surface area contributed by atoms with Crippen molar-refractivity contribution in [2.75, 3.05) is 0 Å². The molecule has 0 fully saturated rings. The Morgan fingerprint density at radius 1 is 1.50 bits per heavy atom. The van der Waals surface area contributed by atoms with Gasteiger partial charge in [0.15, 0.2) is 11.1 Å². The van der Waals surface area contributed by atoms with Gasteiger partial charge in [-0.2, -0.15) is 0 Å². The van der Waals surface area contributed by atoms with Gasteiger partial charge in [0.05, 0.1) is 4.90 Å². The highest BCUT2D eigenvalue weighted by Crippen LogP contribution is 2.25. The summed E-state index contributed by atoms with van der Waals surface area (Å²) in [4.78, 5) is 0.428. The maximum absolute atomic E-state index is 10.9. The van der Waals surface area contributed by atoms with Crippen molar-refractivity contribution in [1.29, 1.82) is 0 Å². The molecule has 0 saturated heterocycles. The van der Waals surface area contributed by atoms with Gasteiger partial charge >= 0.3 is 0 Å². The molecule has 0 bridgehead atoms. The number of rotatable bonds is 3. The zero-order chi connectivity index (χ0) is 10.8. The van der Waals surface area contributed by atoms with Crippen molar-refractivity contribution in [2.24, 2.45) is 0 Å². The second kappa shape index (κ2) is 4.07. The van der Waals surface area contributed by atoms with Gasteiger partial charge < -0.3 is 4.55 Å². The second-order valence-corrected chi connectivity index (χ2v) is 4.67. The van der Waals surface area contributed by atoms with Crippen LogP contribution in [0.2, 0.25) is 0 Å². The Hall–Kier alpha value is -0.930. The molecule has 0 saturated carbocycles. The molecule has 0 radical (unpaired) electrons. The number of hydrogen-bond acceptors (Lipinski definition) is 1. The maximum Gasteiger partial charge on any atom is 0.186 e. The van der Waals surface area contributed by atoms with Crippen molar-refractivity contribution >= 4 is 11.1 Å². The molecule has 76 valence electrons. The molecule has 1 unspecified atom stereocenters. The molecule has 0 aliphatic carbocycles. The Morgan fingerprint density at radius 2 is 2.14 bits per heavy atom. The van der Waals surface area contributed by atoms with Crippen LogP contribution < -0.4 is 0 Å². The summed E-state index contributed by atoms with van der Waals surface area (Å²) in [5.41, 5.74) is 0.822. The minimum absolute atomic E-state index is 0.171. The summed E-state index contributed by atoms with van der Waals surface area (Å²) < 4.78 is 19.8. The van der Waals surface area contributed by atoms with E-state index in [1.165, 1.54) is 0 Å². The maximum atomic E-state index is 10.9. The first-order chi connectivity index (χ1) is 6.47. The van der Waals surface area contributed by atoms with E-state index in [-0.39, 0.29) is 5.41 Å². The lowest BCUT2D eigenvalue weighted by Crippen LogP contribution is -2.13. The molecule has 0 heterocycles. The Bertz CT molecular complexity index is 369. The van der Waals surface area contributed by atoms with Gasteiger partial charge in [0, 0.05) is 5.41 Å². The van der Waals surface area contributed by atoms with E-state index in [1.54, 1.807) is 18.2 Å². The third-order valence-electron chi connectivity index (χ3n) is 2.29. The molecule has 0 spiro atoms. The molecule has 0 aliphatic rings. The highest BCUT2D eigenvalue weighted by molar-refractivity contribution is 7.79. The van der Waals surface area contributed by atoms with E-state index in [0.717, 1.165) is 5.56 Å². The van der Waals surface area contributed by atoms with E-state index in [4.69, 9.17) is 4.55 Å². The zero-order valence-corrected chi connectivity index (χ0v) is 9.17. The molecule has 1 aromatic carbocycles. The predicted octanol–water partition coefficient (Wildman–Crippen LogP) is 2.73. The van der Waals surface area contributed by atoms with Crippen LogP contribution in [0.5, 0.6) is 0 Å². The quantitative estimate of drug-likeness (QED) is 0.615. The van der Waals surface area contributed by atoms with Crippen molar-refractivity contribution in [3.05, 3.63) is 42.5 Å². The first-order valence-electron chi connectivity index (χ1n) is 4.32.